The molecule has 5 heteroatoms. The summed E-state index contributed by atoms with van der Waals surface area (Å²) >= 11 is 0. The van der Waals surface area contributed by atoms with E-state index >= 15 is 0 Å². The number of carbonyl (C=O) groups is 2. The number of hydrogen-bond acceptors (Lipinski definition) is 4. The van der Waals surface area contributed by atoms with Gasteiger partial charge in [0.1, 0.15) is 11.6 Å². The molecule has 0 amide bonds. The number of esters is 1. The highest BCUT2D eigenvalue weighted by atomic mass is 19.1. The molecule has 0 unspecified atom stereocenters. The minimum Gasteiger partial charge on any atom is -0.426 e. The molecule has 136 valence electrons. The van der Waals surface area contributed by atoms with Gasteiger partial charge in [-0.05, 0) is 74.0 Å². The van der Waals surface area contributed by atoms with Crippen molar-refractivity contribution in [1.29, 1.82) is 0 Å². The molecule has 0 aliphatic heterocycles. The Hall–Kier alpha value is -3.34. The molecule has 0 radical (unpaired) electrons. The van der Waals surface area contributed by atoms with Gasteiger partial charge in [0.25, 0.3) is 0 Å². The number of ketones is 1. The van der Waals surface area contributed by atoms with E-state index in [-0.39, 0.29) is 5.78 Å². The van der Waals surface area contributed by atoms with Crippen LogP contribution in [-0.4, -0.2) is 16.7 Å². The van der Waals surface area contributed by atoms with E-state index in [1.54, 1.807) is 56.6 Å². The predicted molar refractivity (Wildman–Crippen MR) is 99.2 cm³/mol. The summed E-state index contributed by atoms with van der Waals surface area (Å²) in [5, 5.41) is 0. The lowest BCUT2D eigenvalue weighted by Gasteiger charge is -2.22. The van der Waals surface area contributed by atoms with Gasteiger partial charge in [-0.2, -0.15) is 0 Å². The van der Waals surface area contributed by atoms with E-state index in [2.05, 4.69) is 4.98 Å². The van der Waals surface area contributed by atoms with Gasteiger partial charge >= 0.3 is 5.97 Å². The molecule has 0 saturated carbocycles. The first kappa shape index (κ1) is 18.5. The Kier molecular flexibility index (Phi) is 5.12. The van der Waals surface area contributed by atoms with Crippen molar-refractivity contribution in [3.05, 3.63) is 95.6 Å². The second-order valence-electron chi connectivity index (χ2n) is 6.62. The summed E-state index contributed by atoms with van der Waals surface area (Å²) in [6, 6.07) is 15.2. The normalized spacial score (nSPS) is 11.1. The fourth-order valence-corrected chi connectivity index (χ4v) is 2.53. The highest BCUT2D eigenvalue weighted by Crippen LogP contribution is 2.25. The fourth-order valence-electron chi connectivity index (χ4n) is 2.53. The number of rotatable bonds is 5. The van der Waals surface area contributed by atoms with Gasteiger partial charge in [-0.25, -0.2) is 4.39 Å². The Morgan fingerprint density at radius 2 is 1.52 bits per heavy atom. The molecule has 0 fully saturated rings. The quantitative estimate of drug-likeness (QED) is 0.384. The SMILES string of the molecule is CC(C)(C(=O)Oc1ccc(C(=O)c2ccc(F)cc2)cc1)c1cccnc1. The molecule has 0 saturated heterocycles. The molecule has 2 aromatic carbocycles. The predicted octanol–water partition coefficient (Wildman–Crippen LogP) is 4.33. The average molecular weight is 363 g/mol. The van der Waals surface area contributed by atoms with Crippen LogP contribution in [-0.2, 0) is 10.2 Å². The van der Waals surface area contributed by atoms with Crippen LogP contribution in [0, 0.1) is 5.82 Å². The zero-order valence-corrected chi connectivity index (χ0v) is 15.0. The van der Waals surface area contributed by atoms with Crippen molar-refractivity contribution in [2.75, 3.05) is 0 Å². The van der Waals surface area contributed by atoms with Crippen LogP contribution in [0.3, 0.4) is 0 Å². The van der Waals surface area contributed by atoms with Crippen LogP contribution in [0.5, 0.6) is 5.75 Å². The molecule has 27 heavy (non-hydrogen) atoms. The maximum Gasteiger partial charge on any atom is 0.321 e. The van der Waals surface area contributed by atoms with Crippen LogP contribution in [0.4, 0.5) is 4.39 Å². The van der Waals surface area contributed by atoms with Crippen molar-refractivity contribution in [2.45, 2.75) is 19.3 Å². The van der Waals surface area contributed by atoms with E-state index in [0.29, 0.717) is 16.9 Å². The fraction of sp³-hybridized carbons (Fsp3) is 0.136. The van der Waals surface area contributed by atoms with E-state index in [1.807, 2.05) is 6.07 Å². The van der Waals surface area contributed by atoms with Crippen molar-refractivity contribution in [1.82, 2.24) is 4.98 Å². The summed E-state index contributed by atoms with van der Waals surface area (Å²) in [6.07, 6.45) is 3.27. The summed E-state index contributed by atoms with van der Waals surface area (Å²) < 4.78 is 18.4. The number of aromatic nitrogens is 1. The number of nitrogens with zero attached hydrogens (tertiary/aromatic N) is 1. The molecule has 0 aliphatic rings. The third-order valence-electron chi connectivity index (χ3n) is 4.33. The minimum atomic E-state index is -0.864. The molecule has 1 heterocycles. The second kappa shape index (κ2) is 7.50. The maximum absolute atomic E-state index is 13.0. The summed E-state index contributed by atoms with van der Waals surface area (Å²) in [6.45, 7) is 3.53. The minimum absolute atomic E-state index is 0.233. The molecular formula is C22H18FNO3. The number of ether oxygens (including phenoxy) is 1. The average Bonchev–Trinajstić information content (AvgIpc) is 2.69. The topological polar surface area (TPSA) is 56.3 Å². The van der Waals surface area contributed by atoms with Crippen molar-refractivity contribution in [3.8, 4) is 5.75 Å². The largest absolute Gasteiger partial charge is 0.426 e. The maximum atomic E-state index is 13.0. The first-order valence-corrected chi connectivity index (χ1v) is 8.41. The second-order valence-corrected chi connectivity index (χ2v) is 6.62. The van der Waals surface area contributed by atoms with Crippen molar-refractivity contribution < 1.29 is 18.7 Å². The smallest absolute Gasteiger partial charge is 0.321 e. The Morgan fingerprint density at radius 3 is 2.07 bits per heavy atom. The first-order valence-electron chi connectivity index (χ1n) is 8.41. The zero-order valence-electron chi connectivity index (χ0n) is 15.0. The van der Waals surface area contributed by atoms with Crippen molar-refractivity contribution in [3.63, 3.8) is 0 Å². The van der Waals surface area contributed by atoms with Gasteiger partial charge in [-0.15, -0.1) is 0 Å². The van der Waals surface area contributed by atoms with E-state index < -0.39 is 17.2 Å². The van der Waals surface area contributed by atoms with Crippen molar-refractivity contribution in [2.24, 2.45) is 0 Å². The van der Waals surface area contributed by atoms with Crippen LogP contribution < -0.4 is 4.74 Å². The standard InChI is InChI=1S/C22H18FNO3/c1-22(2,17-4-3-13-24-14-17)21(26)27-19-11-7-16(8-12-19)20(25)15-5-9-18(23)10-6-15/h3-14H,1-2H3. The zero-order chi connectivity index (χ0) is 19.4. The number of pyridine rings is 1. The summed E-state index contributed by atoms with van der Waals surface area (Å²) in [7, 11) is 0. The third-order valence-corrected chi connectivity index (χ3v) is 4.33. The Bertz CT molecular complexity index is 949. The molecule has 0 aliphatic carbocycles. The van der Waals surface area contributed by atoms with Crippen LogP contribution in [0.2, 0.25) is 0 Å². The van der Waals surface area contributed by atoms with Crippen molar-refractivity contribution >= 4 is 11.8 Å². The number of hydrogen-bond donors (Lipinski definition) is 0. The molecule has 0 N–H and O–H groups in total. The first-order chi connectivity index (χ1) is 12.9. The molecule has 4 nitrogen and oxygen atoms in total. The molecule has 0 spiro atoms. The van der Waals surface area contributed by atoms with Gasteiger partial charge in [0.15, 0.2) is 5.78 Å². The van der Waals surface area contributed by atoms with E-state index in [0.717, 1.165) is 5.56 Å². The Labute approximate surface area is 156 Å². The summed E-state index contributed by atoms with van der Waals surface area (Å²) in [5.41, 5.74) is 0.696. The van der Waals surface area contributed by atoms with Crippen LogP contribution in [0.25, 0.3) is 0 Å². The Morgan fingerprint density at radius 1 is 0.926 bits per heavy atom. The highest BCUT2D eigenvalue weighted by Gasteiger charge is 2.32. The number of carbonyl (C=O) groups excluding carboxylic acids is 2. The lowest BCUT2D eigenvalue weighted by Crippen LogP contribution is -2.33. The highest BCUT2D eigenvalue weighted by molar-refractivity contribution is 6.09. The molecular weight excluding hydrogens is 345 g/mol. The lowest BCUT2D eigenvalue weighted by molar-refractivity contribution is -0.139. The summed E-state index contributed by atoms with van der Waals surface area (Å²) in [5.74, 6) is -0.714. The van der Waals surface area contributed by atoms with E-state index in [9.17, 15) is 14.0 Å². The Balaban J connectivity index is 1.73. The molecule has 0 bridgehead atoms. The van der Waals surface area contributed by atoms with E-state index in [1.165, 1.54) is 24.3 Å². The molecule has 0 atom stereocenters. The van der Waals surface area contributed by atoms with Gasteiger partial charge in [-0.3, -0.25) is 14.6 Å². The number of benzene rings is 2. The van der Waals surface area contributed by atoms with Gasteiger partial charge in [0.2, 0.25) is 0 Å². The molecule has 3 rings (SSSR count). The van der Waals surface area contributed by atoms with Crippen LogP contribution in [0.15, 0.2) is 73.1 Å². The van der Waals surface area contributed by atoms with E-state index in [4.69, 9.17) is 4.74 Å². The number of halogens is 1. The molecule has 1 aromatic heterocycles. The van der Waals surface area contributed by atoms with Crippen LogP contribution in [0.1, 0.15) is 35.3 Å². The third kappa shape index (κ3) is 4.08. The summed E-state index contributed by atoms with van der Waals surface area (Å²) in [4.78, 5) is 29.0. The monoisotopic (exact) mass is 363 g/mol. The molecule has 3 aromatic rings. The van der Waals surface area contributed by atoms with Gasteiger partial charge < -0.3 is 4.74 Å². The van der Waals surface area contributed by atoms with Crippen LogP contribution >= 0.6 is 0 Å². The van der Waals surface area contributed by atoms with Gasteiger partial charge in [0.05, 0.1) is 5.41 Å². The van der Waals surface area contributed by atoms with Gasteiger partial charge in [-0.1, -0.05) is 6.07 Å². The van der Waals surface area contributed by atoms with Gasteiger partial charge in [0, 0.05) is 23.5 Å². The lowest BCUT2D eigenvalue weighted by atomic mass is 9.86.